The number of rotatable bonds is 10. The lowest BCUT2D eigenvalue weighted by Crippen LogP contribution is -2.52. The summed E-state index contributed by atoms with van der Waals surface area (Å²) in [5, 5.41) is 25.2. The Balaban J connectivity index is 1.41. The fourth-order valence-electron chi connectivity index (χ4n) is 4.11. The lowest BCUT2D eigenvalue weighted by Gasteiger charge is -2.22. The number of anilines is 1. The molecule has 1 aliphatic heterocycles. The van der Waals surface area contributed by atoms with Crippen LogP contribution in [0.25, 0.3) is 10.9 Å². The molecule has 3 amide bonds. The molecule has 5 N–H and O–H groups in total. The highest BCUT2D eigenvalue weighted by atomic mass is 19.1. The summed E-state index contributed by atoms with van der Waals surface area (Å²) >= 11 is 0. The van der Waals surface area contributed by atoms with Gasteiger partial charge in [0, 0.05) is 48.7 Å². The average molecular weight is 517 g/mol. The zero-order chi connectivity index (χ0) is 26.6. The molecule has 0 radical (unpaired) electrons. The number of hydrogen-bond donors (Lipinski definition) is 5. The SMILES string of the molecule is O=C(NCCOCCO)c1cc2cc(N3CCC(O)(C(=O)NCc4cc(F)cc(F)c4)C3=O)ccc2[nH]1. The molecule has 2 aromatic carbocycles. The minimum absolute atomic E-state index is 0.0639. The highest BCUT2D eigenvalue weighted by Crippen LogP contribution is 2.31. The highest BCUT2D eigenvalue weighted by molar-refractivity contribution is 6.16. The standard InChI is InChI=1S/C25H26F2N4O6/c26-17-9-15(10-18(27)13-17)14-29-23(34)25(36)3-5-31(24(25)35)19-1-2-20-16(11-19)12-21(30-20)22(33)28-4-7-37-8-6-32/h1-2,9-13,30,32,36H,3-8,14H2,(H,28,33)(H,29,34). The van der Waals surface area contributed by atoms with Gasteiger partial charge < -0.3 is 35.5 Å². The maximum absolute atomic E-state index is 13.4. The van der Waals surface area contributed by atoms with E-state index >= 15 is 0 Å². The third-order valence-corrected chi connectivity index (χ3v) is 5.98. The van der Waals surface area contributed by atoms with Gasteiger partial charge >= 0.3 is 0 Å². The van der Waals surface area contributed by atoms with Crippen molar-refractivity contribution in [3.05, 3.63) is 65.4 Å². The van der Waals surface area contributed by atoms with Crippen LogP contribution in [-0.4, -0.2) is 71.4 Å². The van der Waals surface area contributed by atoms with Gasteiger partial charge in [-0.25, -0.2) is 8.78 Å². The molecule has 12 heteroatoms. The number of aromatic nitrogens is 1. The molecule has 0 bridgehead atoms. The molecule has 4 rings (SSSR count). The number of fused-ring (bicyclic) bond motifs is 1. The van der Waals surface area contributed by atoms with Crippen molar-refractivity contribution in [1.29, 1.82) is 0 Å². The van der Waals surface area contributed by atoms with Crippen LogP contribution in [0, 0.1) is 11.6 Å². The monoisotopic (exact) mass is 516 g/mol. The van der Waals surface area contributed by atoms with Gasteiger partial charge in [-0.1, -0.05) is 0 Å². The summed E-state index contributed by atoms with van der Waals surface area (Å²) in [6.45, 7) is 0.394. The van der Waals surface area contributed by atoms with E-state index in [-0.39, 0.29) is 57.3 Å². The first-order chi connectivity index (χ1) is 17.7. The van der Waals surface area contributed by atoms with Gasteiger partial charge in [-0.15, -0.1) is 0 Å². The van der Waals surface area contributed by atoms with Gasteiger partial charge in [0.25, 0.3) is 17.7 Å². The Bertz CT molecular complexity index is 1310. The normalized spacial score (nSPS) is 17.4. The molecule has 10 nitrogen and oxygen atoms in total. The van der Waals surface area contributed by atoms with E-state index in [0.717, 1.165) is 12.1 Å². The summed E-state index contributed by atoms with van der Waals surface area (Å²) in [4.78, 5) is 42.3. The van der Waals surface area contributed by atoms with E-state index in [1.54, 1.807) is 24.3 Å². The van der Waals surface area contributed by atoms with E-state index in [0.29, 0.717) is 28.4 Å². The van der Waals surface area contributed by atoms with E-state index in [9.17, 15) is 28.3 Å². The smallest absolute Gasteiger partial charge is 0.268 e. The van der Waals surface area contributed by atoms with Crippen LogP contribution < -0.4 is 15.5 Å². The van der Waals surface area contributed by atoms with E-state index in [1.807, 2.05) is 0 Å². The molecule has 1 atom stereocenters. The number of hydrogen-bond acceptors (Lipinski definition) is 6. The Morgan fingerprint density at radius 1 is 1.08 bits per heavy atom. The summed E-state index contributed by atoms with van der Waals surface area (Å²) in [5.41, 5.74) is -0.814. The third kappa shape index (κ3) is 5.77. The summed E-state index contributed by atoms with van der Waals surface area (Å²) in [7, 11) is 0. The summed E-state index contributed by atoms with van der Waals surface area (Å²) in [6.07, 6.45) is -0.174. The number of H-pyrrole nitrogens is 1. The van der Waals surface area contributed by atoms with Crippen molar-refractivity contribution in [2.45, 2.75) is 18.6 Å². The highest BCUT2D eigenvalue weighted by Gasteiger charge is 2.51. The van der Waals surface area contributed by atoms with Crippen molar-refractivity contribution in [2.75, 3.05) is 37.8 Å². The summed E-state index contributed by atoms with van der Waals surface area (Å²) in [5.74, 6) is -3.76. The zero-order valence-corrected chi connectivity index (χ0v) is 19.7. The van der Waals surface area contributed by atoms with Gasteiger partial charge in [0.15, 0.2) is 0 Å². The fourth-order valence-corrected chi connectivity index (χ4v) is 4.11. The molecular formula is C25H26F2N4O6. The van der Waals surface area contributed by atoms with Crippen molar-refractivity contribution < 1.29 is 38.1 Å². The number of ether oxygens (including phenoxy) is 1. The molecule has 0 saturated carbocycles. The number of nitrogens with zero attached hydrogens (tertiary/aromatic N) is 1. The molecule has 37 heavy (non-hydrogen) atoms. The Kier molecular flexibility index (Phi) is 7.81. The van der Waals surface area contributed by atoms with Crippen molar-refractivity contribution in [3.63, 3.8) is 0 Å². The number of amides is 3. The van der Waals surface area contributed by atoms with Gasteiger partial charge in [0.05, 0.1) is 19.8 Å². The molecule has 1 saturated heterocycles. The minimum atomic E-state index is -2.33. The molecule has 3 aromatic rings. The number of halogens is 2. The van der Waals surface area contributed by atoms with Gasteiger partial charge in [-0.3, -0.25) is 14.4 Å². The maximum atomic E-state index is 13.4. The predicted octanol–water partition coefficient (Wildman–Crippen LogP) is 0.969. The average Bonchev–Trinajstić information content (AvgIpc) is 3.43. The topological polar surface area (TPSA) is 144 Å². The van der Waals surface area contributed by atoms with Crippen LogP contribution in [0.4, 0.5) is 14.5 Å². The van der Waals surface area contributed by atoms with Gasteiger partial charge in [-0.2, -0.15) is 0 Å². The fraction of sp³-hybridized carbons (Fsp3) is 0.320. The Labute approximate surface area is 210 Å². The Morgan fingerprint density at radius 2 is 1.84 bits per heavy atom. The van der Waals surface area contributed by atoms with Crippen LogP contribution in [0.5, 0.6) is 0 Å². The van der Waals surface area contributed by atoms with Crippen LogP contribution in [0.3, 0.4) is 0 Å². The van der Waals surface area contributed by atoms with E-state index < -0.39 is 29.0 Å². The molecule has 196 valence electrons. The second-order valence-corrected chi connectivity index (χ2v) is 8.57. The van der Waals surface area contributed by atoms with Gasteiger partial charge in [0.2, 0.25) is 5.60 Å². The number of aliphatic hydroxyl groups excluding tert-OH is 1. The van der Waals surface area contributed by atoms with Crippen LogP contribution in [0.15, 0.2) is 42.5 Å². The number of aromatic amines is 1. The maximum Gasteiger partial charge on any atom is 0.268 e. The molecule has 0 aliphatic carbocycles. The van der Waals surface area contributed by atoms with Crippen LogP contribution in [0.1, 0.15) is 22.5 Å². The summed E-state index contributed by atoms with van der Waals surface area (Å²) in [6, 6.07) is 9.35. The number of nitrogens with one attached hydrogen (secondary N) is 3. The first kappa shape index (κ1) is 26.2. The van der Waals surface area contributed by atoms with Gasteiger partial charge in [0.1, 0.15) is 17.3 Å². The summed E-state index contributed by atoms with van der Waals surface area (Å²) < 4.78 is 31.9. The van der Waals surface area contributed by atoms with E-state index in [4.69, 9.17) is 9.84 Å². The molecule has 1 aliphatic rings. The van der Waals surface area contributed by atoms with Crippen molar-refractivity contribution >= 4 is 34.3 Å². The van der Waals surface area contributed by atoms with E-state index in [1.165, 1.54) is 4.90 Å². The molecular weight excluding hydrogens is 490 g/mol. The molecule has 2 heterocycles. The number of aliphatic hydroxyl groups is 2. The molecule has 1 fully saturated rings. The number of carbonyl (C=O) groups is 3. The molecule has 0 spiro atoms. The van der Waals surface area contributed by atoms with Crippen molar-refractivity contribution in [3.8, 4) is 0 Å². The zero-order valence-electron chi connectivity index (χ0n) is 19.7. The Morgan fingerprint density at radius 3 is 2.57 bits per heavy atom. The van der Waals surface area contributed by atoms with Crippen molar-refractivity contribution in [1.82, 2.24) is 15.6 Å². The molecule has 1 unspecified atom stereocenters. The first-order valence-electron chi connectivity index (χ1n) is 11.6. The van der Waals surface area contributed by atoms with Gasteiger partial charge in [-0.05, 0) is 42.0 Å². The second-order valence-electron chi connectivity index (χ2n) is 8.57. The number of benzene rings is 2. The lowest BCUT2D eigenvalue weighted by molar-refractivity contribution is -0.149. The lowest BCUT2D eigenvalue weighted by atomic mass is 10.0. The van der Waals surface area contributed by atoms with Crippen LogP contribution in [0.2, 0.25) is 0 Å². The number of carbonyl (C=O) groups excluding carboxylic acids is 3. The predicted molar refractivity (Wildman–Crippen MR) is 129 cm³/mol. The van der Waals surface area contributed by atoms with Crippen LogP contribution in [-0.2, 0) is 20.9 Å². The van der Waals surface area contributed by atoms with Crippen LogP contribution >= 0.6 is 0 Å². The second kappa shape index (κ2) is 11.0. The van der Waals surface area contributed by atoms with Crippen molar-refractivity contribution in [2.24, 2.45) is 0 Å². The minimum Gasteiger partial charge on any atom is -0.394 e. The molecule has 1 aromatic heterocycles. The third-order valence-electron chi connectivity index (χ3n) is 5.98. The quantitative estimate of drug-likeness (QED) is 0.201. The largest absolute Gasteiger partial charge is 0.394 e. The van der Waals surface area contributed by atoms with E-state index in [2.05, 4.69) is 15.6 Å². The Hall–Kier alpha value is -3.87. The first-order valence-corrected chi connectivity index (χ1v) is 11.6.